The van der Waals surface area contributed by atoms with Crippen LogP contribution in [0.4, 0.5) is 0 Å². The molecule has 0 aromatic rings. The van der Waals surface area contributed by atoms with Crippen LogP contribution in [0.15, 0.2) is 0 Å². The molecule has 1 heterocycles. The van der Waals surface area contributed by atoms with E-state index in [1.54, 1.807) is 18.5 Å². The Morgan fingerprint density at radius 1 is 1.15 bits per heavy atom. The molecule has 1 aliphatic heterocycles. The first-order chi connectivity index (χ1) is 6.42. The second-order valence-electron chi connectivity index (χ2n) is 4.76. The Bertz CT molecular complexity index is 150. The lowest BCUT2D eigenvalue weighted by atomic mass is 10.2. The lowest BCUT2D eigenvalue weighted by molar-refractivity contribution is 0.316. The Balaban J connectivity index is 1.86. The smallest absolute Gasteiger partial charge is 0.112 e. The quantitative estimate of drug-likeness (QED) is 0.626. The summed E-state index contributed by atoms with van der Waals surface area (Å²) in [5.41, 5.74) is 0. The summed E-state index contributed by atoms with van der Waals surface area (Å²) in [6.07, 6.45) is 8.97. The van der Waals surface area contributed by atoms with Gasteiger partial charge in [-0.3, -0.25) is 0 Å². The van der Waals surface area contributed by atoms with E-state index >= 15 is 0 Å². The fourth-order valence-corrected chi connectivity index (χ4v) is 5.83. The summed E-state index contributed by atoms with van der Waals surface area (Å²) >= 11 is 0. The second-order valence-corrected chi connectivity index (χ2v) is 7.89. The van der Waals surface area contributed by atoms with Crippen LogP contribution in [0, 0.1) is 0 Å². The van der Waals surface area contributed by atoms with Gasteiger partial charge in [0.05, 0.1) is 0 Å². The molecule has 2 heteroatoms. The third kappa shape index (κ3) is 2.16. The van der Waals surface area contributed by atoms with Crippen molar-refractivity contribution in [2.75, 3.05) is 6.54 Å². The summed E-state index contributed by atoms with van der Waals surface area (Å²) in [6.45, 7) is 3.76. The lowest BCUT2D eigenvalue weighted by Crippen LogP contribution is -2.49. The van der Waals surface area contributed by atoms with Crippen LogP contribution in [-0.2, 0) is 0 Å². The fraction of sp³-hybridized carbons (Fsp3) is 1.00. The van der Waals surface area contributed by atoms with Gasteiger partial charge in [-0.2, -0.15) is 0 Å². The van der Waals surface area contributed by atoms with Crippen LogP contribution in [0.1, 0.15) is 45.4 Å². The molecular weight excluding hydrogens is 174 g/mol. The Morgan fingerprint density at radius 3 is 2.31 bits per heavy atom. The third-order valence-corrected chi connectivity index (χ3v) is 7.59. The Morgan fingerprint density at radius 2 is 1.85 bits per heavy atom. The van der Waals surface area contributed by atoms with Crippen molar-refractivity contribution in [3.8, 4) is 0 Å². The highest BCUT2D eigenvalue weighted by atomic mass is 28.3. The molecule has 0 atom stereocenters. The first kappa shape index (κ1) is 9.72. The van der Waals surface area contributed by atoms with Crippen molar-refractivity contribution in [1.29, 1.82) is 0 Å². The summed E-state index contributed by atoms with van der Waals surface area (Å²) in [4.78, 5) is 0. The molecule has 0 N–H and O–H groups in total. The SMILES string of the molecule is CCCN(C1CCCC1)[SiH]1CCC1. The predicted octanol–water partition coefficient (Wildman–Crippen LogP) is 2.77. The zero-order chi connectivity index (χ0) is 9.10. The molecule has 0 spiro atoms. The summed E-state index contributed by atoms with van der Waals surface area (Å²) in [5.74, 6) is 0. The van der Waals surface area contributed by atoms with Crippen molar-refractivity contribution >= 4 is 8.96 Å². The van der Waals surface area contributed by atoms with E-state index in [-0.39, 0.29) is 8.96 Å². The molecule has 0 amide bonds. The summed E-state index contributed by atoms with van der Waals surface area (Å²) in [5, 5.41) is 0. The van der Waals surface area contributed by atoms with Crippen LogP contribution in [0.5, 0.6) is 0 Å². The van der Waals surface area contributed by atoms with Gasteiger partial charge >= 0.3 is 0 Å². The van der Waals surface area contributed by atoms with E-state index < -0.39 is 0 Å². The van der Waals surface area contributed by atoms with Gasteiger partial charge < -0.3 is 4.57 Å². The van der Waals surface area contributed by atoms with Crippen LogP contribution in [0.2, 0.25) is 12.1 Å². The Labute approximate surface area is 84.2 Å². The minimum atomic E-state index is -0.353. The molecule has 1 saturated carbocycles. The molecule has 1 saturated heterocycles. The fourth-order valence-electron chi connectivity index (χ4n) is 2.88. The molecule has 0 bridgehead atoms. The van der Waals surface area contributed by atoms with Gasteiger partial charge in [0.25, 0.3) is 0 Å². The van der Waals surface area contributed by atoms with Crippen LogP contribution in [0.25, 0.3) is 0 Å². The number of nitrogens with zero attached hydrogens (tertiary/aromatic N) is 1. The first-order valence-electron chi connectivity index (χ1n) is 6.17. The van der Waals surface area contributed by atoms with Crippen molar-refractivity contribution in [1.82, 2.24) is 4.57 Å². The molecule has 2 aliphatic rings. The summed E-state index contributed by atoms with van der Waals surface area (Å²) < 4.78 is 2.97. The molecule has 2 fully saturated rings. The highest BCUT2D eigenvalue weighted by Gasteiger charge is 2.32. The van der Waals surface area contributed by atoms with Crippen molar-refractivity contribution in [3.05, 3.63) is 0 Å². The molecule has 76 valence electrons. The number of hydrogen-bond acceptors (Lipinski definition) is 1. The molecule has 13 heavy (non-hydrogen) atoms. The van der Waals surface area contributed by atoms with E-state index in [0.717, 1.165) is 6.04 Å². The van der Waals surface area contributed by atoms with E-state index in [0.29, 0.717) is 0 Å². The van der Waals surface area contributed by atoms with Crippen LogP contribution in [-0.4, -0.2) is 26.1 Å². The third-order valence-electron chi connectivity index (χ3n) is 3.82. The van der Waals surface area contributed by atoms with Gasteiger partial charge in [0, 0.05) is 6.04 Å². The largest absolute Gasteiger partial charge is 0.323 e. The van der Waals surface area contributed by atoms with Gasteiger partial charge in [0.2, 0.25) is 0 Å². The average Bonchev–Trinajstić information content (AvgIpc) is 2.51. The predicted molar refractivity (Wildman–Crippen MR) is 60.6 cm³/mol. The normalized spacial score (nSPS) is 25.4. The number of hydrogen-bond donors (Lipinski definition) is 0. The van der Waals surface area contributed by atoms with Crippen molar-refractivity contribution in [2.45, 2.75) is 63.6 Å². The molecular formula is C11H23NSi. The van der Waals surface area contributed by atoms with Crippen LogP contribution >= 0.6 is 0 Å². The van der Waals surface area contributed by atoms with E-state index in [1.807, 2.05) is 0 Å². The van der Waals surface area contributed by atoms with Crippen molar-refractivity contribution in [2.24, 2.45) is 0 Å². The van der Waals surface area contributed by atoms with E-state index in [4.69, 9.17) is 0 Å². The zero-order valence-corrected chi connectivity index (χ0v) is 10.1. The number of rotatable bonds is 4. The zero-order valence-electron chi connectivity index (χ0n) is 8.97. The Kier molecular flexibility index (Phi) is 3.44. The molecule has 0 aromatic heterocycles. The summed E-state index contributed by atoms with van der Waals surface area (Å²) in [6, 6.07) is 4.27. The minimum Gasteiger partial charge on any atom is -0.323 e. The van der Waals surface area contributed by atoms with Crippen LogP contribution in [0.3, 0.4) is 0 Å². The maximum atomic E-state index is 2.97. The van der Waals surface area contributed by atoms with E-state index in [1.165, 1.54) is 38.6 Å². The highest BCUT2D eigenvalue weighted by molar-refractivity contribution is 6.58. The Hall–Kier alpha value is 0.177. The summed E-state index contributed by atoms with van der Waals surface area (Å²) in [7, 11) is -0.353. The van der Waals surface area contributed by atoms with E-state index in [9.17, 15) is 0 Å². The van der Waals surface area contributed by atoms with Gasteiger partial charge in [-0.15, -0.1) is 0 Å². The molecule has 1 nitrogen and oxygen atoms in total. The standard InChI is InChI=1S/C11H23NSi/c1-2-8-12(13-9-5-10-13)11-6-3-4-7-11/h11,13H,2-10H2,1H3. The van der Waals surface area contributed by atoms with Gasteiger partial charge in [0.1, 0.15) is 8.96 Å². The van der Waals surface area contributed by atoms with E-state index in [2.05, 4.69) is 11.5 Å². The average molecular weight is 197 g/mol. The molecule has 1 aliphatic carbocycles. The maximum Gasteiger partial charge on any atom is 0.112 e. The topological polar surface area (TPSA) is 3.24 Å². The first-order valence-corrected chi connectivity index (χ1v) is 8.32. The second kappa shape index (κ2) is 4.60. The monoisotopic (exact) mass is 197 g/mol. The lowest BCUT2D eigenvalue weighted by Gasteiger charge is -2.40. The van der Waals surface area contributed by atoms with Gasteiger partial charge in [0.15, 0.2) is 0 Å². The highest BCUT2D eigenvalue weighted by Crippen LogP contribution is 2.31. The van der Waals surface area contributed by atoms with Gasteiger partial charge in [-0.25, -0.2) is 0 Å². The van der Waals surface area contributed by atoms with Crippen molar-refractivity contribution in [3.63, 3.8) is 0 Å². The van der Waals surface area contributed by atoms with Crippen LogP contribution < -0.4 is 0 Å². The molecule has 2 rings (SSSR count). The van der Waals surface area contributed by atoms with Gasteiger partial charge in [-0.1, -0.05) is 26.2 Å². The van der Waals surface area contributed by atoms with Crippen molar-refractivity contribution < 1.29 is 0 Å². The molecule has 0 radical (unpaired) electrons. The minimum absolute atomic E-state index is 0.353. The van der Waals surface area contributed by atoms with Gasteiger partial charge in [-0.05, 0) is 37.9 Å². The maximum absolute atomic E-state index is 2.97. The molecule has 0 aromatic carbocycles. The molecule has 0 unspecified atom stereocenters.